The molecule has 20 heavy (non-hydrogen) atoms. The van der Waals surface area contributed by atoms with Gasteiger partial charge in [-0.1, -0.05) is 44.5 Å². The highest BCUT2D eigenvalue weighted by Crippen LogP contribution is 2.40. The van der Waals surface area contributed by atoms with Crippen LogP contribution in [0.25, 0.3) is 0 Å². The molecule has 0 aliphatic heterocycles. The van der Waals surface area contributed by atoms with Gasteiger partial charge in [0.25, 0.3) is 0 Å². The molecule has 1 aliphatic rings. The lowest BCUT2D eigenvalue weighted by Crippen LogP contribution is -2.33. The number of rotatable bonds is 2. The van der Waals surface area contributed by atoms with Gasteiger partial charge in [0.05, 0.1) is 5.02 Å². The highest BCUT2D eigenvalue weighted by molar-refractivity contribution is 6.30. The third-order valence-corrected chi connectivity index (χ3v) is 4.78. The molecule has 1 saturated carbocycles. The lowest BCUT2D eigenvalue weighted by molar-refractivity contribution is -0.126. The Morgan fingerprint density at radius 2 is 2.05 bits per heavy atom. The molecule has 0 aromatic heterocycles. The first-order valence-electron chi connectivity index (χ1n) is 7.24. The van der Waals surface area contributed by atoms with Crippen molar-refractivity contribution < 1.29 is 9.18 Å². The van der Waals surface area contributed by atoms with Gasteiger partial charge >= 0.3 is 0 Å². The highest BCUT2D eigenvalue weighted by atomic mass is 35.5. The van der Waals surface area contributed by atoms with E-state index < -0.39 is 0 Å². The predicted molar refractivity (Wildman–Crippen MR) is 80.4 cm³/mol. The first-order valence-corrected chi connectivity index (χ1v) is 7.62. The quantitative estimate of drug-likeness (QED) is 0.746. The van der Waals surface area contributed by atoms with Crippen molar-refractivity contribution in [2.24, 2.45) is 17.3 Å². The van der Waals surface area contributed by atoms with Crippen molar-refractivity contribution in [3.05, 3.63) is 34.6 Å². The van der Waals surface area contributed by atoms with Crippen LogP contribution in [0.2, 0.25) is 5.02 Å². The van der Waals surface area contributed by atoms with Crippen LogP contribution < -0.4 is 0 Å². The Bertz CT molecular complexity index is 504. The van der Waals surface area contributed by atoms with Gasteiger partial charge < -0.3 is 0 Å². The van der Waals surface area contributed by atoms with Gasteiger partial charge in [-0.2, -0.15) is 0 Å². The lowest BCUT2D eigenvalue weighted by atomic mass is 9.67. The fraction of sp³-hybridized carbons (Fsp3) is 0.588. The molecule has 2 rings (SSSR count). The second-order valence-electron chi connectivity index (χ2n) is 6.92. The molecular weight excluding hydrogens is 275 g/mol. The van der Waals surface area contributed by atoms with E-state index in [2.05, 4.69) is 20.8 Å². The molecule has 2 unspecified atom stereocenters. The van der Waals surface area contributed by atoms with E-state index in [4.69, 9.17) is 11.6 Å². The monoisotopic (exact) mass is 296 g/mol. The standard InChI is InChI=1S/C17H22ClFO/c1-17(2,3)13-7-8-15(20)12(10-13)9-11-5-4-6-14(18)16(11)19/h4-6,12-13H,7-10H2,1-3H3. The number of ketones is 1. The third-order valence-electron chi connectivity index (χ3n) is 4.49. The lowest BCUT2D eigenvalue weighted by Gasteiger charge is -2.37. The van der Waals surface area contributed by atoms with Crippen molar-refractivity contribution in [1.29, 1.82) is 0 Å². The third kappa shape index (κ3) is 3.41. The Morgan fingerprint density at radius 3 is 2.70 bits per heavy atom. The van der Waals surface area contributed by atoms with Gasteiger partial charge in [0.1, 0.15) is 11.6 Å². The zero-order valence-electron chi connectivity index (χ0n) is 12.4. The molecule has 110 valence electrons. The van der Waals surface area contributed by atoms with E-state index in [-0.39, 0.29) is 28.0 Å². The average molecular weight is 297 g/mol. The maximum absolute atomic E-state index is 14.0. The fourth-order valence-electron chi connectivity index (χ4n) is 3.07. The molecule has 0 saturated heterocycles. The molecule has 1 fully saturated rings. The summed E-state index contributed by atoms with van der Waals surface area (Å²) in [6.45, 7) is 6.64. The van der Waals surface area contributed by atoms with E-state index in [0.717, 1.165) is 12.8 Å². The minimum atomic E-state index is -0.375. The Balaban J connectivity index is 2.15. The molecule has 1 aromatic rings. The molecule has 2 atom stereocenters. The molecule has 0 bridgehead atoms. The number of Topliss-reactive ketones (excluding diaryl/α,β-unsaturated/α-hetero) is 1. The average Bonchev–Trinajstić information content (AvgIpc) is 2.36. The second-order valence-corrected chi connectivity index (χ2v) is 7.32. The van der Waals surface area contributed by atoms with Crippen LogP contribution in [-0.2, 0) is 11.2 Å². The topological polar surface area (TPSA) is 17.1 Å². The van der Waals surface area contributed by atoms with Gasteiger partial charge in [-0.05, 0) is 42.2 Å². The minimum absolute atomic E-state index is 0.0686. The second kappa shape index (κ2) is 5.85. The molecule has 1 aromatic carbocycles. The molecule has 1 aliphatic carbocycles. The zero-order valence-corrected chi connectivity index (χ0v) is 13.1. The Labute approximate surface area is 125 Å². The van der Waals surface area contributed by atoms with E-state index in [1.807, 2.05) is 0 Å². The summed E-state index contributed by atoms with van der Waals surface area (Å²) >= 11 is 5.81. The Morgan fingerprint density at radius 1 is 1.35 bits per heavy atom. The molecule has 0 spiro atoms. The summed E-state index contributed by atoms with van der Waals surface area (Å²) < 4.78 is 14.0. The Kier molecular flexibility index (Phi) is 4.53. The smallest absolute Gasteiger partial charge is 0.144 e. The van der Waals surface area contributed by atoms with Gasteiger partial charge in [0.15, 0.2) is 0 Å². The van der Waals surface area contributed by atoms with E-state index in [1.54, 1.807) is 18.2 Å². The van der Waals surface area contributed by atoms with Crippen molar-refractivity contribution in [3.63, 3.8) is 0 Å². The van der Waals surface area contributed by atoms with E-state index in [1.165, 1.54) is 0 Å². The first kappa shape index (κ1) is 15.5. The number of halogens is 2. The normalized spacial score (nSPS) is 23.9. The number of carbonyl (C=O) groups is 1. The summed E-state index contributed by atoms with van der Waals surface area (Å²) in [4.78, 5) is 12.1. The van der Waals surface area contributed by atoms with E-state index in [9.17, 15) is 9.18 Å². The van der Waals surface area contributed by atoms with Gasteiger partial charge in [-0.3, -0.25) is 4.79 Å². The molecule has 1 nitrogen and oxygen atoms in total. The van der Waals surface area contributed by atoms with Gasteiger partial charge in [-0.15, -0.1) is 0 Å². The molecule has 0 N–H and O–H groups in total. The van der Waals surface area contributed by atoms with Gasteiger partial charge in [-0.25, -0.2) is 4.39 Å². The summed E-state index contributed by atoms with van der Waals surface area (Å²) in [7, 11) is 0. The molecular formula is C17H22ClFO. The largest absolute Gasteiger partial charge is 0.299 e. The van der Waals surface area contributed by atoms with Crippen LogP contribution in [0.1, 0.15) is 45.6 Å². The molecule has 0 heterocycles. The zero-order chi connectivity index (χ0) is 14.9. The number of hydrogen-bond acceptors (Lipinski definition) is 1. The van der Waals surface area contributed by atoms with Crippen molar-refractivity contribution in [2.75, 3.05) is 0 Å². The maximum Gasteiger partial charge on any atom is 0.144 e. The molecule has 0 amide bonds. The van der Waals surface area contributed by atoms with Crippen LogP contribution in [0.4, 0.5) is 4.39 Å². The number of benzene rings is 1. The van der Waals surface area contributed by atoms with Crippen molar-refractivity contribution in [1.82, 2.24) is 0 Å². The summed E-state index contributed by atoms with van der Waals surface area (Å²) in [5.41, 5.74) is 0.761. The van der Waals surface area contributed by atoms with Gasteiger partial charge in [0, 0.05) is 12.3 Å². The van der Waals surface area contributed by atoms with Crippen molar-refractivity contribution in [2.45, 2.75) is 46.5 Å². The Hall–Kier alpha value is -0.890. The van der Waals surface area contributed by atoms with Crippen LogP contribution in [0.3, 0.4) is 0 Å². The predicted octanol–water partition coefficient (Wildman–Crippen LogP) is 5.05. The van der Waals surface area contributed by atoms with Crippen LogP contribution in [0.15, 0.2) is 18.2 Å². The first-order chi connectivity index (χ1) is 9.29. The van der Waals surface area contributed by atoms with Crippen LogP contribution in [-0.4, -0.2) is 5.78 Å². The number of carbonyl (C=O) groups excluding carboxylic acids is 1. The molecule has 3 heteroatoms. The summed E-state index contributed by atoms with van der Waals surface area (Å²) in [5, 5.41) is 0.137. The fourth-order valence-corrected chi connectivity index (χ4v) is 3.26. The maximum atomic E-state index is 14.0. The van der Waals surface area contributed by atoms with Crippen LogP contribution in [0.5, 0.6) is 0 Å². The van der Waals surface area contributed by atoms with Crippen molar-refractivity contribution >= 4 is 17.4 Å². The minimum Gasteiger partial charge on any atom is -0.299 e. The summed E-state index contributed by atoms with van der Waals surface area (Å²) in [6.07, 6.45) is 2.90. The number of hydrogen-bond donors (Lipinski definition) is 0. The van der Waals surface area contributed by atoms with E-state index >= 15 is 0 Å². The van der Waals surface area contributed by atoms with Crippen LogP contribution >= 0.6 is 11.6 Å². The summed E-state index contributed by atoms with van der Waals surface area (Å²) in [5.74, 6) is 0.345. The van der Waals surface area contributed by atoms with Crippen molar-refractivity contribution in [3.8, 4) is 0 Å². The van der Waals surface area contributed by atoms with E-state index in [0.29, 0.717) is 24.3 Å². The van der Waals surface area contributed by atoms with Gasteiger partial charge in [0.2, 0.25) is 0 Å². The molecule has 0 radical (unpaired) electrons. The summed E-state index contributed by atoms with van der Waals surface area (Å²) in [6, 6.07) is 5.02. The SMILES string of the molecule is CC(C)(C)C1CCC(=O)C(Cc2cccc(Cl)c2F)C1. The highest BCUT2D eigenvalue weighted by Gasteiger charge is 2.35. The van der Waals surface area contributed by atoms with Crippen LogP contribution in [0, 0.1) is 23.1 Å².